The van der Waals surface area contributed by atoms with E-state index in [1.807, 2.05) is 43.1 Å². The van der Waals surface area contributed by atoms with E-state index in [-0.39, 0.29) is 12.5 Å². The summed E-state index contributed by atoms with van der Waals surface area (Å²) in [4.78, 5) is 18.3. The van der Waals surface area contributed by atoms with E-state index in [9.17, 15) is 4.79 Å². The Bertz CT molecular complexity index is 638. The molecule has 0 unspecified atom stereocenters. The van der Waals surface area contributed by atoms with Crippen LogP contribution >= 0.6 is 0 Å². The number of rotatable bonds is 7. The van der Waals surface area contributed by atoms with Crippen LogP contribution in [0.2, 0.25) is 0 Å². The Kier molecular flexibility index (Phi) is 6.89. The zero-order valence-corrected chi connectivity index (χ0v) is 14.2. The van der Waals surface area contributed by atoms with Crippen LogP contribution < -0.4 is 10.6 Å². The first-order valence-corrected chi connectivity index (χ1v) is 8.01. The highest BCUT2D eigenvalue weighted by atomic mass is 16.3. The molecule has 0 aliphatic heterocycles. The van der Waals surface area contributed by atoms with Gasteiger partial charge < -0.3 is 20.0 Å². The summed E-state index contributed by atoms with van der Waals surface area (Å²) >= 11 is 0. The lowest BCUT2D eigenvalue weighted by atomic mass is 10.2. The number of benzene rings is 1. The van der Waals surface area contributed by atoms with E-state index >= 15 is 0 Å². The summed E-state index contributed by atoms with van der Waals surface area (Å²) in [7, 11) is 1.95. The maximum absolute atomic E-state index is 11.9. The molecule has 6 heteroatoms. The normalized spacial score (nSPS) is 11.2. The van der Waals surface area contributed by atoms with Gasteiger partial charge in [0.25, 0.3) is 0 Å². The number of hydrogen-bond acceptors (Lipinski definition) is 3. The van der Waals surface area contributed by atoms with Crippen LogP contribution in [0.25, 0.3) is 0 Å². The molecule has 2 N–H and O–H groups in total. The van der Waals surface area contributed by atoms with Gasteiger partial charge >= 0.3 is 0 Å². The molecule has 0 bridgehead atoms. The number of furan rings is 1. The Morgan fingerprint density at radius 2 is 1.96 bits per heavy atom. The van der Waals surface area contributed by atoms with Crippen molar-refractivity contribution >= 4 is 11.9 Å². The summed E-state index contributed by atoms with van der Waals surface area (Å²) in [5, 5.41) is 5.99. The Morgan fingerprint density at radius 3 is 2.62 bits per heavy atom. The Balaban J connectivity index is 1.87. The highest BCUT2D eigenvalue weighted by Crippen LogP contribution is 2.03. The van der Waals surface area contributed by atoms with Crippen LogP contribution in [-0.2, 0) is 17.9 Å². The first kappa shape index (κ1) is 17.6. The predicted octanol–water partition coefficient (Wildman–Crippen LogP) is 1.99. The molecule has 24 heavy (non-hydrogen) atoms. The van der Waals surface area contributed by atoms with E-state index in [2.05, 4.69) is 27.8 Å². The molecule has 1 heterocycles. The van der Waals surface area contributed by atoms with E-state index in [0.29, 0.717) is 12.5 Å². The van der Waals surface area contributed by atoms with Gasteiger partial charge in [0.15, 0.2) is 5.96 Å². The zero-order valence-electron chi connectivity index (χ0n) is 14.2. The third-order valence-electron chi connectivity index (χ3n) is 3.37. The first-order valence-electron chi connectivity index (χ1n) is 8.01. The fourth-order valence-electron chi connectivity index (χ4n) is 2.20. The monoisotopic (exact) mass is 328 g/mol. The minimum Gasteiger partial charge on any atom is -0.467 e. The van der Waals surface area contributed by atoms with Crippen molar-refractivity contribution in [2.45, 2.75) is 20.0 Å². The molecular formula is C18H24N4O2. The van der Waals surface area contributed by atoms with E-state index in [0.717, 1.165) is 18.8 Å². The highest BCUT2D eigenvalue weighted by Gasteiger charge is 2.08. The summed E-state index contributed by atoms with van der Waals surface area (Å²) < 4.78 is 5.18. The maximum atomic E-state index is 11.9. The highest BCUT2D eigenvalue weighted by molar-refractivity contribution is 5.84. The fraction of sp³-hybridized carbons (Fsp3) is 0.333. The molecular weight excluding hydrogens is 304 g/mol. The van der Waals surface area contributed by atoms with Gasteiger partial charge in [-0.3, -0.25) is 4.79 Å². The molecule has 0 aliphatic carbocycles. The van der Waals surface area contributed by atoms with E-state index in [1.54, 1.807) is 12.3 Å². The second-order valence-electron chi connectivity index (χ2n) is 5.37. The molecule has 2 aromatic rings. The lowest BCUT2D eigenvalue weighted by Crippen LogP contribution is -2.39. The third-order valence-corrected chi connectivity index (χ3v) is 3.37. The van der Waals surface area contributed by atoms with Crippen LogP contribution in [0.15, 0.2) is 58.1 Å². The van der Waals surface area contributed by atoms with Gasteiger partial charge in [-0.1, -0.05) is 30.3 Å². The standard InChI is InChI=1S/C18H24N4O2/c1-3-19-18(22(2)14-15-8-5-4-6-9-15)21-13-17(23)20-12-16-10-7-11-24-16/h4-11H,3,12-14H2,1-2H3,(H,19,21)(H,20,23). The molecule has 1 amide bonds. The number of amides is 1. The number of carbonyl (C=O) groups is 1. The van der Waals surface area contributed by atoms with Crippen molar-refractivity contribution in [1.82, 2.24) is 15.5 Å². The van der Waals surface area contributed by atoms with Gasteiger partial charge in [0, 0.05) is 20.1 Å². The molecule has 2 rings (SSSR count). The zero-order chi connectivity index (χ0) is 17.2. The first-order chi connectivity index (χ1) is 11.7. The van der Waals surface area contributed by atoms with Crippen molar-refractivity contribution in [3.8, 4) is 0 Å². The Hall–Kier alpha value is -2.76. The molecule has 0 atom stereocenters. The number of aliphatic imine (C=N–C) groups is 1. The summed E-state index contributed by atoms with van der Waals surface area (Å²) in [6.45, 7) is 3.91. The van der Waals surface area contributed by atoms with E-state index in [1.165, 1.54) is 5.56 Å². The van der Waals surface area contributed by atoms with Crippen molar-refractivity contribution in [3.05, 3.63) is 60.1 Å². The van der Waals surface area contributed by atoms with Crippen LogP contribution in [0.3, 0.4) is 0 Å². The smallest absolute Gasteiger partial charge is 0.242 e. The van der Waals surface area contributed by atoms with Crippen molar-refractivity contribution in [2.24, 2.45) is 4.99 Å². The van der Waals surface area contributed by atoms with Gasteiger partial charge in [-0.2, -0.15) is 0 Å². The van der Waals surface area contributed by atoms with Gasteiger partial charge in [-0.15, -0.1) is 0 Å². The lowest BCUT2D eigenvalue weighted by Gasteiger charge is -2.22. The van der Waals surface area contributed by atoms with Gasteiger partial charge in [0.2, 0.25) is 5.91 Å². The molecule has 6 nitrogen and oxygen atoms in total. The lowest BCUT2D eigenvalue weighted by molar-refractivity contribution is -0.119. The number of carbonyl (C=O) groups excluding carboxylic acids is 1. The summed E-state index contributed by atoms with van der Waals surface area (Å²) in [6.07, 6.45) is 1.58. The van der Waals surface area contributed by atoms with Crippen LogP contribution in [0.5, 0.6) is 0 Å². The second kappa shape index (κ2) is 9.39. The average molecular weight is 328 g/mol. The minimum absolute atomic E-state index is 0.0716. The Morgan fingerprint density at radius 1 is 1.17 bits per heavy atom. The predicted molar refractivity (Wildman–Crippen MR) is 94.4 cm³/mol. The number of nitrogens with one attached hydrogen (secondary N) is 2. The van der Waals surface area contributed by atoms with Crippen LogP contribution in [-0.4, -0.2) is 36.9 Å². The van der Waals surface area contributed by atoms with Crippen LogP contribution in [0.4, 0.5) is 0 Å². The molecule has 0 saturated carbocycles. The molecule has 128 valence electrons. The maximum Gasteiger partial charge on any atom is 0.242 e. The van der Waals surface area contributed by atoms with Gasteiger partial charge in [-0.05, 0) is 24.6 Å². The topological polar surface area (TPSA) is 69.9 Å². The van der Waals surface area contributed by atoms with Crippen molar-refractivity contribution in [2.75, 3.05) is 20.1 Å². The SMILES string of the molecule is CCNC(=NCC(=O)NCc1ccco1)N(C)Cc1ccccc1. The molecule has 0 fully saturated rings. The molecule has 0 radical (unpaired) electrons. The summed E-state index contributed by atoms with van der Waals surface area (Å²) in [5.41, 5.74) is 1.19. The average Bonchev–Trinajstić information content (AvgIpc) is 3.11. The molecule has 0 saturated heterocycles. The number of hydrogen-bond donors (Lipinski definition) is 2. The largest absolute Gasteiger partial charge is 0.467 e. The third kappa shape index (κ3) is 5.79. The van der Waals surface area contributed by atoms with Crippen molar-refractivity contribution < 1.29 is 9.21 Å². The molecule has 0 aliphatic rings. The van der Waals surface area contributed by atoms with E-state index < -0.39 is 0 Å². The molecule has 1 aromatic heterocycles. The Labute approximate surface area is 142 Å². The van der Waals surface area contributed by atoms with Crippen LogP contribution in [0.1, 0.15) is 18.2 Å². The van der Waals surface area contributed by atoms with Crippen molar-refractivity contribution in [3.63, 3.8) is 0 Å². The van der Waals surface area contributed by atoms with Gasteiger partial charge in [0.05, 0.1) is 12.8 Å². The summed E-state index contributed by atoms with van der Waals surface area (Å²) in [6, 6.07) is 13.8. The fourth-order valence-corrected chi connectivity index (χ4v) is 2.20. The second-order valence-corrected chi connectivity index (χ2v) is 5.37. The summed E-state index contributed by atoms with van der Waals surface area (Å²) in [5.74, 6) is 1.28. The molecule has 1 aromatic carbocycles. The van der Waals surface area contributed by atoms with Gasteiger partial charge in [-0.25, -0.2) is 4.99 Å². The van der Waals surface area contributed by atoms with Gasteiger partial charge in [0.1, 0.15) is 12.3 Å². The number of guanidine groups is 1. The molecule has 0 spiro atoms. The minimum atomic E-state index is -0.144. The number of nitrogens with zero attached hydrogens (tertiary/aromatic N) is 2. The van der Waals surface area contributed by atoms with Crippen molar-refractivity contribution in [1.29, 1.82) is 0 Å². The quantitative estimate of drug-likeness (QED) is 0.602. The van der Waals surface area contributed by atoms with E-state index in [4.69, 9.17) is 4.42 Å². The van der Waals surface area contributed by atoms with Crippen LogP contribution in [0, 0.1) is 0 Å².